The van der Waals surface area contributed by atoms with Gasteiger partial charge in [0, 0.05) is 11.0 Å². The van der Waals surface area contributed by atoms with Crippen molar-refractivity contribution in [1.82, 2.24) is 5.32 Å². The summed E-state index contributed by atoms with van der Waals surface area (Å²) in [7, 11) is 0. The quantitative estimate of drug-likeness (QED) is 0.680. The van der Waals surface area contributed by atoms with Crippen molar-refractivity contribution in [2.75, 3.05) is 0 Å². The lowest BCUT2D eigenvalue weighted by molar-refractivity contribution is -0.402. The summed E-state index contributed by atoms with van der Waals surface area (Å²) in [5.74, 6) is 0.325. The van der Waals surface area contributed by atoms with E-state index >= 15 is 0 Å². The zero-order chi connectivity index (χ0) is 13.0. The van der Waals surface area contributed by atoms with Crippen molar-refractivity contribution in [3.63, 3.8) is 0 Å². The van der Waals surface area contributed by atoms with Crippen LogP contribution in [0.25, 0.3) is 0 Å². The largest absolute Gasteiger partial charge is 0.433 e. The molecule has 18 heavy (non-hydrogen) atoms. The van der Waals surface area contributed by atoms with Gasteiger partial charge in [0.15, 0.2) is 0 Å². The number of nitro groups is 1. The maximum atomic E-state index is 10.4. The molecular formula is C12H11BrN2O3. The zero-order valence-corrected chi connectivity index (χ0v) is 11.0. The van der Waals surface area contributed by atoms with E-state index in [9.17, 15) is 10.1 Å². The Morgan fingerprint density at radius 3 is 2.78 bits per heavy atom. The van der Waals surface area contributed by atoms with Gasteiger partial charge in [-0.05, 0) is 23.8 Å². The van der Waals surface area contributed by atoms with Crippen molar-refractivity contribution >= 4 is 21.8 Å². The van der Waals surface area contributed by atoms with Crippen molar-refractivity contribution in [3.8, 4) is 0 Å². The van der Waals surface area contributed by atoms with Crippen molar-refractivity contribution in [1.29, 1.82) is 0 Å². The van der Waals surface area contributed by atoms with Crippen LogP contribution < -0.4 is 5.32 Å². The van der Waals surface area contributed by atoms with Crippen LogP contribution in [0.2, 0.25) is 0 Å². The zero-order valence-electron chi connectivity index (χ0n) is 9.43. The second-order valence-corrected chi connectivity index (χ2v) is 4.65. The molecule has 1 N–H and O–H groups in total. The predicted octanol–water partition coefficient (Wildman–Crippen LogP) is 3.24. The number of nitrogens with zero attached hydrogens (tertiary/aromatic N) is 1. The molecule has 0 bridgehead atoms. The van der Waals surface area contributed by atoms with Gasteiger partial charge in [-0.1, -0.05) is 28.1 Å². The third kappa shape index (κ3) is 3.41. The fourth-order valence-corrected chi connectivity index (χ4v) is 1.98. The number of rotatable bonds is 5. The van der Waals surface area contributed by atoms with Gasteiger partial charge in [0.05, 0.1) is 12.6 Å². The first-order valence-corrected chi connectivity index (χ1v) is 6.13. The van der Waals surface area contributed by atoms with Crippen molar-refractivity contribution in [2.45, 2.75) is 13.1 Å². The molecule has 0 amide bonds. The summed E-state index contributed by atoms with van der Waals surface area (Å²) in [6.07, 6.45) is 0. The number of furan rings is 1. The van der Waals surface area contributed by atoms with Crippen LogP contribution in [0.15, 0.2) is 45.3 Å². The Morgan fingerprint density at radius 2 is 2.11 bits per heavy atom. The molecule has 0 unspecified atom stereocenters. The van der Waals surface area contributed by atoms with E-state index in [4.69, 9.17) is 4.42 Å². The van der Waals surface area contributed by atoms with Crippen LogP contribution >= 0.6 is 15.9 Å². The van der Waals surface area contributed by atoms with Crippen LogP contribution in [-0.2, 0) is 13.1 Å². The molecule has 0 atom stereocenters. The average Bonchev–Trinajstić information content (AvgIpc) is 2.78. The lowest BCUT2D eigenvalue weighted by Crippen LogP contribution is -2.11. The topological polar surface area (TPSA) is 68.3 Å². The number of benzene rings is 1. The molecule has 94 valence electrons. The Kier molecular flexibility index (Phi) is 4.11. The molecular weight excluding hydrogens is 300 g/mol. The highest BCUT2D eigenvalue weighted by atomic mass is 79.9. The molecule has 6 heteroatoms. The highest BCUT2D eigenvalue weighted by molar-refractivity contribution is 9.10. The van der Waals surface area contributed by atoms with Gasteiger partial charge in [-0.15, -0.1) is 0 Å². The SMILES string of the molecule is O=[N+]([O-])c1ccc(CNCc2cccc(Br)c2)o1. The molecule has 0 saturated carbocycles. The normalized spacial score (nSPS) is 10.5. The van der Waals surface area contributed by atoms with E-state index in [1.54, 1.807) is 6.07 Å². The van der Waals surface area contributed by atoms with Crippen LogP contribution in [0.4, 0.5) is 5.88 Å². The van der Waals surface area contributed by atoms with Gasteiger partial charge >= 0.3 is 5.88 Å². The molecule has 5 nitrogen and oxygen atoms in total. The lowest BCUT2D eigenvalue weighted by Gasteiger charge is -2.03. The second kappa shape index (κ2) is 5.79. The van der Waals surface area contributed by atoms with E-state index in [0.29, 0.717) is 18.8 Å². The molecule has 0 aliphatic rings. The Morgan fingerprint density at radius 1 is 1.28 bits per heavy atom. The summed E-state index contributed by atoms with van der Waals surface area (Å²) in [4.78, 5) is 9.89. The average molecular weight is 311 g/mol. The Bertz CT molecular complexity index is 554. The highest BCUT2D eigenvalue weighted by Gasteiger charge is 2.10. The molecule has 0 aliphatic heterocycles. The molecule has 0 aliphatic carbocycles. The predicted molar refractivity (Wildman–Crippen MR) is 70.0 cm³/mol. The Hall–Kier alpha value is -1.66. The third-order valence-corrected chi connectivity index (χ3v) is 2.84. The number of halogens is 1. The van der Waals surface area contributed by atoms with Crippen molar-refractivity contribution in [2.24, 2.45) is 0 Å². The van der Waals surface area contributed by atoms with Crippen LogP contribution in [0, 0.1) is 10.1 Å². The van der Waals surface area contributed by atoms with Crippen LogP contribution in [-0.4, -0.2) is 4.92 Å². The van der Waals surface area contributed by atoms with Gasteiger partial charge in [-0.2, -0.15) is 0 Å². The summed E-state index contributed by atoms with van der Waals surface area (Å²) in [6.45, 7) is 1.13. The van der Waals surface area contributed by atoms with Crippen LogP contribution in [0.5, 0.6) is 0 Å². The van der Waals surface area contributed by atoms with E-state index in [1.165, 1.54) is 6.07 Å². The standard InChI is InChI=1S/C12H11BrN2O3/c13-10-3-1-2-9(6-10)7-14-8-11-4-5-12(18-11)15(16)17/h1-6,14H,7-8H2. The van der Waals surface area contributed by atoms with E-state index in [2.05, 4.69) is 21.2 Å². The van der Waals surface area contributed by atoms with Crippen LogP contribution in [0.3, 0.4) is 0 Å². The molecule has 0 fully saturated rings. The summed E-state index contributed by atoms with van der Waals surface area (Å²) >= 11 is 3.40. The van der Waals surface area contributed by atoms with Gasteiger partial charge in [0.25, 0.3) is 0 Å². The Labute approximate surface area is 112 Å². The highest BCUT2D eigenvalue weighted by Crippen LogP contribution is 2.15. The van der Waals surface area contributed by atoms with Gasteiger partial charge < -0.3 is 9.73 Å². The maximum absolute atomic E-state index is 10.4. The molecule has 0 radical (unpaired) electrons. The number of nitrogens with one attached hydrogen (secondary N) is 1. The van der Waals surface area contributed by atoms with Crippen molar-refractivity contribution < 1.29 is 9.34 Å². The molecule has 0 spiro atoms. The minimum absolute atomic E-state index is 0.228. The fourth-order valence-electron chi connectivity index (χ4n) is 1.54. The van der Waals surface area contributed by atoms with Gasteiger partial charge in [-0.25, -0.2) is 0 Å². The first-order valence-electron chi connectivity index (χ1n) is 5.33. The monoisotopic (exact) mass is 310 g/mol. The summed E-state index contributed by atoms with van der Waals surface area (Å²) in [5.41, 5.74) is 1.13. The molecule has 0 saturated heterocycles. The Balaban J connectivity index is 1.86. The van der Waals surface area contributed by atoms with Crippen molar-refractivity contribution in [3.05, 3.63) is 62.3 Å². The van der Waals surface area contributed by atoms with Gasteiger partial charge in [-0.3, -0.25) is 10.1 Å². The summed E-state index contributed by atoms with van der Waals surface area (Å²) < 4.78 is 6.06. The van der Waals surface area contributed by atoms with E-state index in [-0.39, 0.29) is 5.88 Å². The molecule has 1 aromatic carbocycles. The third-order valence-electron chi connectivity index (χ3n) is 2.34. The van der Waals surface area contributed by atoms with E-state index in [1.807, 2.05) is 24.3 Å². The van der Waals surface area contributed by atoms with E-state index < -0.39 is 4.92 Å². The van der Waals surface area contributed by atoms with Gasteiger partial charge in [0.2, 0.25) is 0 Å². The minimum Gasteiger partial charge on any atom is -0.404 e. The maximum Gasteiger partial charge on any atom is 0.433 e. The molecule has 2 rings (SSSR count). The number of hydrogen-bond acceptors (Lipinski definition) is 4. The fraction of sp³-hybridized carbons (Fsp3) is 0.167. The van der Waals surface area contributed by atoms with Gasteiger partial charge in [0.1, 0.15) is 10.7 Å². The first-order chi connectivity index (χ1) is 8.65. The summed E-state index contributed by atoms with van der Waals surface area (Å²) in [6, 6.07) is 10.9. The smallest absolute Gasteiger partial charge is 0.404 e. The number of hydrogen-bond donors (Lipinski definition) is 1. The molecule has 2 aromatic rings. The summed E-state index contributed by atoms with van der Waals surface area (Å²) in [5, 5.41) is 13.6. The van der Waals surface area contributed by atoms with E-state index in [0.717, 1.165) is 10.0 Å². The van der Waals surface area contributed by atoms with Crippen LogP contribution in [0.1, 0.15) is 11.3 Å². The second-order valence-electron chi connectivity index (χ2n) is 3.73. The lowest BCUT2D eigenvalue weighted by atomic mass is 10.2. The molecule has 1 heterocycles. The first kappa shape index (κ1) is 12.8. The minimum atomic E-state index is -0.544. The molecule has 1 aromatic heterocycles.